The molecule has 0 aliphatic rings. The van der Waals surface area contributed by atoms with E-state index < -0.39 is 0 Å². The van der Waals surface area contributed by atoms with Crippen molar-refractivity contribution in [2.75, 3.05) is 7.11 Å². The Hall–Kier alpha value is -1.12. The Kier molecular flexibility index (Phi) is 2.20. The van der Waals surface area contributed by atoms with Crippen molar-refractivity contribution in [3.63, 3.8) is 0 Å². The summed E-state index contributed by atoms with van der Waals surface area (Å²) in [5.74, 6) is 0.657. The average molecular weight is 139 g/mol. The quantitative estimate of drug-likeness (QED) is 0.554. The van der Waals surface area contributed by atoms with Crippen molar-refractivity contribution in [2.45, 2.75) is 13.5 Å². The van der Waals surface area contributed by atoms with Crippen LogP contribution < -0.4 is 9.30 Å². The maximum Gasteiger partial charge on any atom is 0.331 e. The van der Waals surface area contributed by atoms with Gasteiger partial charge in [-0.2, -0.15) is 0 Å². The van der Waals surface area contributed by atoms with Crippen molar-refractivity contribution in [1.82, 2.24) is 4.98 Å². The smallest absolute Gasteiger partial charge is 0.331 e. The summed E-state index contributed by atoms with van der Waals surface area (Å²) in [6.45, 7) is 3.01. The van der Waals surface area contributed by atoms with E-state index in [9.17, 15) is 0 Å². The summed E-state index contributed by atoms with van der Waals surface area (Å²) in [7, 11) is 1.61. The van der Waals surface area contributed by atoms with Gasteiger partial charge in [0.15, 0.2) is 0 Å². The minimum Gasteiger partial charge on any atom is -0.463 e. The molecule has 1 aromatic rings. The van der Waals surface area contributed by atoms with Gasteiger partial charge in [0.25, 0.3) is 6.33 Å². The third kappa shape index (κ3) is 1.43. The van der Waals surface area contributed by atoms with Gasteiger partial charge >= 0.3 is 5.88 Å². The fraction of sp³-hybridized carbons (Fsp3) is 0.429. The first-order chi connectivity index (χ1) is 4.86. The standard InChI is InChI=1S/C7H11N2O/c1-3-9-5-4-7(10-2)8-6-9/h4-6H,3H2,1-2H3/q+1. The Bertz CT molecular complexity index is 172. The van der Waals surface area contributed by atoms with E-state index in [-0.39, 0.29) is 0 Å². The molecular formula is C7H11N2O+. The minimum absolute atomic E-state index is 0.657. The van der Waals surface area contributed by atoms with Gasteiger partial charge in [-0.15, -0.1) is 0 Å². The molecule has 1 heterocycles. The van der Waals surface area contributed by atoms with Gasteiger partial charge in [-0.1, -0.05) is 0 Å². The number of aromatic nitrogens is 2. The van der Waals surface area contributed by atoms with Crippen LogP contribution in [0.5, 0.6) is 5.88 Å². The van der Waals surface area contributed by atoms with Crippen LogP contribution in [-0.4, -0.2) is 12.1 Å². The normalized spacial score (nSPS) is 9.40. The monoisotopic (exact) mass is 139 g/mol. The molecule has 0 saturated heterocycles. The summed E-state index contributed by atoms with van der Waals surface area (Å²) < 4.78 is 6.86. The summed E-state index contributed by atoms with van der Waals surface area (Å²) in [5.41, 5.74) is 0. The summed E-state index contributed by atoms with van der Waals surface area (Å²) in [6.07, 6.45) is 3.69. The Morgan fingerprint density at radius 3 is 2.90 bits per heavy atom. The summed E-state index contributed by atoms with van der Waals surface area (Å²) in [4.78, 5) is 4.01. The predicted molar refractivity (Wildman–Crippen MR) is 36.7 cm³/mol. The van der Waals surface area contributed by atoms with Crippen LogP contribution in [0.25, 0.3) is 0 Å². The molecule has 0 N–H and O–H groups in total. The van der Waals surface area contributed by atoms with E-state index in [0.29, 0.717) is 5.88 Å². The summed E-state index contributed by atoms with van der Waals surface area (Å²) >= 11 is 0. The summed E-state index contributed by atoms with van der Waals surface area (Å²) in [5, 5.41) is 0. The highest BCUT2D eigenvalue weighted by molar-refractivity contribution is 5.01. The number of hydrogen-bond acceptors (Lipinski definition) is 2. The van der Waals surface area contributed by atoms with Crippen molar-refractivity contribution in [3.05, 3.63) is 18.6 Å². The lowest BCUT2D eigenvalue weighted by atomic mass is 10.6. The first-order valence-electron chi connectivity index (χ1n) is 3.26. The maximum atomic E-state index is 4.89. The van der Waals surface area contributed by atoms with E-state index in [2.05, 4.69) is 11.9 Å². The van der Waals surface area contributed by atoms with E-state index in [0.717, 1.165) is 6.54 Å². The predicted octanol–water partition coefficient (Wildman–Crippen LogP) is 0.398. The molecule has 0 spiro atoms. The molecule has 0 bridgehead atoms. The number of nitrogens with zero attached hydrogens (tertiary/aromatic N) is 2. The molecule has 0 saturated carbocycles. The fourth-order valence-electron chi connectivity index (χ4n) is 0.680. The van der Waals surface area contributed by atoms with Gasteiger partial charge in [0.2, 0.25) is 0 Å². The molecule has 0 radical (unpaired) electrons. The first kappa shape index (κ1) is 6.99. The molecular weight excluding hydrogens is 128 g/mol. The van der Waals surface area contributed by atoms with E-state index in [4.69, 9.17) is 4.74 Å². The van der Waals surface area contributed by atoms with E-state index in [1.54, 1.807) is 13.4 Å². The van der Waals surface area contributed by atoms with Gasteiger partial charge in [0.05, 0.1) is 25.9 Å². The van der Waals surface area contributed by atoms with Gasteiger partial charge in [0, 0.05) is 0 Å². The highest BCUT2D eigenvalue weighted by atomic mass is 16.5. The number of methoxy groups -OCH3 is 1. The van der Waals surface area contributed by atoms with E-state index in [1.807, 2.05) is 16.8 Å². The van der Waals surface area contributed by atoms with Crippen LogP contribution in [0.15, 0.2) is 18.6 Å². The second-order valence-electron chi connectivity index (χ2n) is 1.93. The number of rotatable bonds is 2. The van der Waals surface area contributed by atoms with Crippen molar-refractivity contribution in [2.24, 2.45) is 0 Å². The zero-order chi connectivity index (χ0) is 7.40. The molecule has 3 heteroatoms. The number of hydrogen-bond donors (Lipinski definition) is 0. The number of aryl methyl sites for hydroxylation is 1. The molecule has 54 valence electrons. The minimum atomic E-state index is 0.657. The SMILES string of the molecule is CC[n+]1ccc(OC)nc1. The topological polar surface area (TPSA) is 26.0 Å². The third-order valence-corrected chi connectivity index (χ3v) is 1.32. The number of ether oxygens (including phenoxy) is 1. The fourth-order valence-corrected chi connectivity index (χ4v) is 0.680. The largest absolute Gasteiger partial charge is 0.463 e. The van der Waals surface area contributed by atoms with Crippen molar-refractivity contribution >= 4 is 0 Å². The molecule has 0 atom stereocenters. The molecule has 0 aromatic carbocycles. The Morgan fingerprint density at radius 1 is 1.70 bits per heavy atom. The van der Waals surface area contributed by atoms with Crippen LogP contribution in [0.2, 0.25) is 0 Å². The molecule has 10 heavy (non-hydrogen) atoms. The van der Waals surface area contributed by atoms with Gasteiger partial charge < -0.3 is 4.74 Å². The average Bonchev–Trinajstić information content (AvgIpc) is 2.05. The second-order valence-corrected chi connectivity index (χ2v) is 1.93. The Balaban J connectivity index is 2.80. The van der Waals surface area contributed by atoms with Crippen molar-refractivity contribution in [1.29, 1.82) is 0 Å². The molecule has 0 unspecified atom stereocenters. The lowest BCUT2D eigenvalue weighted by molar-refractivity contribution is -0.696. The van der Waals surface area contributed by atoms with Gasteiger partial charge in [-0.25, -0.2) is 4.57 Å². The van der Waals surface area contributed by atoms with Crippen LogP contribution in [0.4, 0.5) is 0 Å². The maximum absolute atomic E-state index is 4.89. The molecule has 0 amide bonds. The van der Waals surface area contributed by atoms with Crippen LogP contribution in [0.1, 0.15) is 6.92 Å². The zero-order valence-electron chi connectivity index (χ0n) is 6.24. The van der Waals surface area contributed by atoms with Crippen molar-refractivity contribution < 1.29 is 9.30 Å². The van der Waals surface area contributed by atoms with E-state index >= 15 is 0 Å². The molecule has 0 aliphatic carbocycles. The lowest BCUT2D eigenvalue weighted by Crippen LogP contribution is -2.31. The first-order valence-corrected chi connectivity index (χ1v) is 3.26. The highest BCUT2D eigenvalue weighted by Gasteiger charge is 1.98. The molecule has 3 nitrogen and oxygen atoms in total. The molecule has 1 rings (SSSR count). The lowest BCUT2D eigenvalue weighted by Gasteiger charge is -1.92. The van der Waals surface area contributed by atoms with Gasteiger partial charge in [-0.05, 0) is 11.9 Å². The Labute approximate surface area is 60.3 Å². The molecule has 1 aromatic heterocycles. The Morgan fingerprint density at radius 2 is 2.50 bits per heavy atom. The zero-order valence-corrected chi connectivity index (χ0v) is 6.24. The second kappa shape index (κ2) is 3.15. The highest BCUT2D eigenvalue weighted by Crippen LogP contribution is 1.97. The van der Waals surface area contributed by atoms with Crippen LogP contribution in [0.3, 0.4) is 0 Å². The molecule has 0 fully saturated rings. The van der Waals surface area contributed by atoms with E-state index in [1.165, 1.54) is 0 Å². The van der Waals surface area contributed by atoms with Crippen molar-refractivity contribution in [3.8, 4) is 5.88 Å². The van der Waals surface area contributed by atoms with Crippen LogP contribution in [-0.2, 0) is 6.54 Å². The van der Waals surface area contributed by atoms with Crippen LogP contribution in [0, 0.1) is 0 Å². The van der Waals surface area contributed by atoms with Gasteiger partial charge in [0.1, 0.15) is 0 Å². The summed E-state index contributed by atoms with van der Waals surface area (Å²) in [6, 6.07) is 1.84. The molecule has 0 aliphatic heterocycles. The third-order valence-electron chi connectivity index (χ3n) is 1.32. The van der Waals surface area contributed by atoms with Gasteiger partial charge in [-0.3, -0.25) is 0 Å². The van der Waals surface area contributed by atoms with Crippen LogP contribution >= 0.6 is 0 Å².